The second-order valence-corrected chi connectivity index (χ2v) is 7.63. The molecule has 0 heterocycles. The maximum atomic E-state index is 12.3. The van der Waals surface area contributed by atoms with Crippen molar-refractivity contribution in [3.8, 4) is 28.7 Å². The van der Waals surface area contributed by atoms with Gasteiger partial charge in [0.25, 0.3) is 5.69 Å². The van der Waals surface area contributed by atoms with Gasteiger partial charge in [-0.05, 0) is 48.9 Å². The number of benzene rings is 3. The number of rotatable bonds is 11. The van der Waals surface area contributed by atoms with Crippen molar-refractivity contribution in [3.05, 3.63) is 80.4 Å². The Morgan fingerprint density at radius 3 is 2.27 bits per heavy atom. The molecular formula is C25H23N5O10. The van der Waals surface area contributed by atoms with Crippen LogP contribution in [0.3, 0.4) is 0 Å². The Kier molecular flexibility index (Phi) is 9.50. The van der Waals surface area contributed by atoms with Crippen LogP contribution in [0.25, 0.3) is 0 Å². The largest absolute Gasteiger partial charge is 0.497 e. The summed E-state index contributed by atoms with van der Waals surface area (Å²) in [6, 6.07) is 12.0. The van der Waals surface area contributed by atoms with Crippen LogP contribution in [0.15, 0.2) is 59.7 Å². The summed E-state index contributed by atoms with van der Waals surface area (Å²) < 4.78 is 21.4. The molecular weight excluding hydrogens is 530 g/mol. The molecule has 208 valence electrons. The first-order valence-electron chi connectivity index (χ1n) is 11.4. The van der Waals surface area contributed by atoms with Gasteiger partial charge in [-0.1, -0.05) is 0 Å². The van der Waals surface area contributed by atoms with Crippen LogP contribution < -0.4 is 29.7 Å². The summed E-state index contributed by atoms with van der Waals surface area (Å²) in [6.45, 7) is 1.92. The summed E-state index contributed by atoms with van der Waals surface area (Å²) in [5.74, 6) is -1.23. The SMILES string of the molecule is CCOc1cc(C=NNC(=O)C(=O)Nc2ccc(OC)cc2OC)ccc1Oc1ccc([N+](=O)[O-])cc1[N+](=O)[O-]. The Labute approximate surface area is 226 Å². The van der Waals surface area contributed by atoms with Crippen molar-refractivity contribution < 1.29 is 38.4 Å². The van der Waals surface area contributed by atoms with Crippen molar-refractivity contribution in [3.63, 3.8) is 0 Å². The fraction of sp³-hybridized carbons (Fsp3) is 0.160. The molecule has 0 aliphatic carbocycles. The highest BCUT2D eigenvalue weighted by Crippen LogP contribution is 2.38. The predicted molar refractivity (Wildman–Crippen MR) is 141 cm³/mol. The first kappa shape index (κ1) is 28.8. The number of ether oxygens (including phenoxy) is 4. The summed E-state index contributed by atoms with van der Waals surface area (Å²) >= 11 is 0. The van der Waals surface area contributed by atoms with E-state index in [0.717, 1.165) is 18.2 Å². The number of amides is 2. The quantitative estimate of drug-likeness (QED) is 0.153. The highest BCUT2D eigenvalue weighted by Gasteiger charge is 2.22. The highest BCUT2D eigenvalue weighted by atomic mass is 16.6. The lowest BCUT2D eigenvalue weighted by Gasteiger charge is -2.12. The normalized spacial score (nSPS) is 10.5. The van der Waals surface area contributed by atoms with Crippen LogP contribution in [0.4, 0.5) is 17.1 Å². The molecule has 0 aliphatic rings. The van der Waals surface area contributed by atoms with E-state index in [0.29, 0.717) is 11.3 Å². The third kappa shape index (κ3) is 7.18. The number of nitro benzene ring substituents is 2. The fourth-order valence-electron chi connectivity index (χ4n) is 3.22. The highest BCUT2D eigenvalue weighted by molar-refractivity contribution is 6.39. The van der Waals surface area contributed by atoms with Gasteiger partial charge in [-0.3, -0.25) is 29.8 Å². The van der Waals surface area contributed by atoms with E-state index >= 15 is 0 Å². The zero-order valence-corrected chi connectivity index (χ0v) is 21.4. The topological polar surface area (TPSA) is 194 Å². The van der Waals surface area contributed by atoms with Gasteiger partial charge in [-0.2, -0.15) is 5.10 Å². The van der Waals surface area contributed by atoms with Crippen LogP contribution in [0.1, 0.15) is 12.5 Å². The number of anilines is 1. The second kappa shape index (κ2) is 13.2. The number of carbonyl (C=O) groups is 2. The van der Waals surface area contributed by atoms with E-state index in [2.05, 4.69) is 15.8 Å². The maximum Gasteiger partial charge on any atom is 0.329 e. The number of methoxy groups -OCH3 is 2. The molecule has 0 unspecified atom stereocenters. The number of non-ortho nitro benzene ring substituents is 1. The smallest absolute Gasteiger partial charge is 0.329 e. The van der Waals surface area contributed by atoms with Crippen LogP contribution >= 0.6 is 0 Å². The lowest BCUT2D eigenvalue weighted by molar-refractivity contribution is -0.394. The van der Waals surface area contributed by atoms with E-state index in [4.69, 9.17) is 18.9 Å². The molecule has 0 saturated carbocycles. The number of hydrogen-bond donors (Lipinski definition) is 2. The van der Waals surface area contributed by atoms with Crippen LogP contribution in [-0.4, -0.2) is 48.7 Å². The third-order valence-electron chi connectivity index (χ3n) is 5.08. The van der Waals surface area contributed by atoms with Crippen LogP contribution in [-0.2, 0) is 9.59 Å². The first-order valence-corrected chi connectivity index (χ1v) is 11.4. The molecule has 0 aliphatic heterocycles. The summed E-state index contributed by atoms with van der Waals surface area (Å²) in [5.41, 5.74) is 1.71. The van der Waals surface area contributed by atoms with Gasteiger partial charge in [-0.15, -0.1) is 0 Å². The van der Waals surface area contributed by atoms with E-state index in [1.165, 1.54) is 50.8 Å². The minimum atomic E-state index is -1.05. The van der Waals surface area contributed by atoms with Gasteiger partial charge < -0.3 is 24.3 Å². The van der Waals surface area contributed by atoms with E-state index in [9.17, 15) is 29.8 Å². The summed E-state index contributed by atoms with van der Waals surface area (Å²) in [7, 11) is 2.87. The van der Waals surface area contributed by atoms with Gasteiger partial charge in [-0.25, -0.2) is 5.43 Å². The van der Waals surface area contributed by atoms with Gasteiger partial charge in [0.1, 0.15) is 11.5 Å². The average Bonchev–Trinajstić information content (AvgIpc) is 2.94. The molecule has 2 N–H and O–H groups in total. The Morgan fingerprint density at radius 2 is 1.62 bits per heavy atom. The molecule has 0 radical (unpaired) electrons. The van der Waals surface area contributed by atoms with Crippen molar-refractivity contribution in [1.82, 2.24) is 5.43 Å². The molecule has 40 heavy (non-hydrogen) atoms. The van der Waals surface area contributed by atoms with E-state index in [1.54, 1.807) is 13.0 Å². The number of nitrogens with one attached hydrogen (secondary N) is 2. The molecule has 2 amide bonds. The molecule has 3 aromatic rings. The molecule has 0 saturated heterocycles. The first-order chi connectivity index (χ1) is 19.2. The fourth-order valence-corrected chi connectivity index (χ4v) is 3.22. The number of carbonyl (C=O) groups excluding carboxylic acids is 2. The Morgan fingerprint density at radius 1 is 0.875 bits per heavy atom. The van der Waals surface area contributed by atoms with Crippen LogP contribution in [0, 0.1) is 20.2 Å². The van der Waals surface area contributed by atoms with E-state index < -0.39 is 33.0 Å². The summed E-state index contributed by atoms with van der Waals surface area (Å²) in [5, 5.41) is 28.6. The predicted octanol–water partition coefficient (Wildman–Crippen LogP) is 3.80. The second-order valence-electron chi connectivity index (χ2n) is 7.63. The molecule has 0 atom stereocenters. The van der Waals surface area contributed by atoms with Gasteiger partial charge in [0, 0.05) is 12.1 Å². The van der Waals surface area contributed by atoms with E-state index in [-0.39, 0.29) is 35.3 Å². The van der Waals surface area contributed by atoms with Crippen LogP contribution in [0.2, 0.25) is 0 Å². The molecule has 15 nitrogen and oxygen atoms in total. The Bertz CT molecular complexity index is 1470. The third-order valence-corrected chi connectivity index (χ3v) is 5.08. The number of hydrazone groups is 1. The Hall–Kier alpha value is -5.73. The number of nitrogens with zero attached hydrogens (tertiary/aromatic N) is 3. The lowest BCUT2D eigenvalue weighted by Crippen LogP contribution is -2.32. The van der Waals surface area contributed by atoms with Crippen molar-refractivity contribution in [2.75, 3.05) is 26.1 Å². The molecule has 0 aromatic heterocycles. The molecule has 15 heteroatoms. The van der Waals surface area contributed by atoms with Crippen molar-refractivity contribution >= 4 is 35.1 Å². The Balaban J connectivity index is 1.72. The standard InChI is InChI=1S/C25H23N5O10/c1-4-39-23-11-15(5-9-21(23)40-20-10-6-16(29(33)34)12-19(20)30(35)36)14-26-28-25(32)24(31)27-18-8-7-17(37-2)13-22(18)38-3/h5-14H,4H2,1-3H3,(H,27,31)(H,28,32). The zero-order chi connectivity index (χ0) is 29.2. The van der Waals surface area contributed by atoms with Gasteiger partial charge in [0.05, 0.1) is 48.6 Å². The number of hydrogen-bond acceptors (Lipinski definition) is 11. The summed E-state index contributed by atoms with van der Waals surface area (Å²) in [4.78, 5) is 45.3. The molecule has 3 aromatic carbocycles. The zero-order valence-electron chi connectivity index (χ0n) is 21.4. The van der Waals surface area contributed by atoms with Crippen molar-refractivity contribution in [1.29, 1.82) is 0 Å². The molecule has 0 fully saturated rings. The van der Waals surface area contributed by atoms with Gasteiger partial charge >= 0.3 is 17.5 Å². The molecule has 0 spiro atoms. The lowest BCUT2D eigenvalue weighted by atomic mass is 10.2. The van der Waals surface area contributed by atoms with Gasteiger partial charge in [0.15, 0.2) is 11.5 Å². The van der Waals surface area contributed by atoms with Crippen LogP contribution in [0.5, 0.6) is 28.7 Å². The van der Waals surface area contributed by atoms with Crippen molar-refractivity contribution in [2.45, 2.75) is 6.92 Å². The monoisotopic (exact) mass is 553 g/mol. The minimum Gasteiger partial charge on any atom is -0.497 e. The summed E-state index contributed by atoms with van der Waals surface area (Å²) in [6.07, 6.45) is 1.24. The van der Waals surface area contributed by atoms with Crippen molar-refractivity contribution in [2.24, 2.45) is 5.10 Å². The maximum absolute atomic E-state index is 12.3. The van der Waals surface area contributed by atoms with E-state index in [1.807, 2.05) is 0 Å². The average molecular weight is 553 g/mol. The molecule has 3 rings (SSSR count). The van der Waals surface area contributed by atoms with Gasteiger partial charge in [0.2, 0.25) is 5.75 Å². The minimum absolute atomic E-state index is 0.0906. The molecule has 0 bridgehead atoms. The number of nitro groups is 2.